The van der Waals surface area contributed by atoms with Crippen LogP contribution in [0, 0.1) is 11.3 Å². The molecule has 2 heterocycles. The van der Waals surface area contributed by atoms with Crippen LogP contribution in [-0.4, -0.2) is 11.6 Å². The fourth-order valence-corrected chi connectivity index (χ4v) is 3.36. The van der Waals surface area contributed by atoms with E-state index in [1.54, 1.807) is 0 Å². The van der Waals surface area contributed by atoms with Gasteiger partial charge in [0.25, 0.3) is 5.56 Å². The summed E-state index contributed by atoms with van der Waals surface area (Å²) in [4.78, 5) is 15.0. The van der Waals surface area contributed by atoms with E-state index in [1.807, 2.05) is 0 Å². The van der Waals surface area contributed by atoms with Gasteiger partial charge in [0, 0.05) is 11.3 Å². The van der Waals surface area contributed by atoms with Crippen molar-refractivity contribution in [1.29, 1.82) is 5.26 Å². The second-order valence-corrected chi connectivity index (χ2v) is 5.45. The van der Waals surface area contributed by atoms with E-state index in [9.17, 15) is 4.79 Å². The van der Waals surface area contributed by atoms with E-state index in [1.165, 1.54) is 19.3 Å². The van der Waals surface area contributed by atoms with Gasteiger partial charge in [-0.3, -0.25) is 4.79 Å². The molecule has 4 heteroatoms. The van der Waals surface area contributed by atoms with Gasteiger partial charge >= 0.3 is 0 Å². The predicted octanol–water partition coefficient (Wildman–Crippen LogP) is 2.37. The largest absolute Gasteiger partial charge is 0.376 e. The minimum absolute atomic E-state index is 0.219. The van der Waals surface area contributed by atoms with Gasteiger partial charge in [0.2, 0.25) is 0 Å². The van der Waals surface area contributed by atoms with Crippen LogP contribution in [0.4, 0.5) is 0 Å². The summed E-state index contributed by atoms with van der Waals surface area (Å²) in [6.45, 7) is 1.14. The van der Waals surface area contributed by atoms with Gasteiger partial charge in [0.15, 0.2) is 0 Å². The lowest BCUT2D eigenvalue weighted by Gasteiger charge is -2.27. The van der Waals surface area contributed by atoms with Crippen molar-refractivity contribution in [2.24, 2.45) is 0 Å². The monoisotopic (exact) mass is 258 g/mol. The van der Waals surface area contributed by atoms with E-state index < -0.39 is 0 Å². The van der Waals surface area contributed by atoms with Gasteiger partial charge in [-0.2, -0.15) is 5.26 Å². The van der Waals surface area contributed by atoms with E-state index in [0.717, 1.165) is 29.7 Å². The van der Waals surface area contributed by atoms with Gasteiger partial charge < -0.3 is 9.72 Å². The topological polar surface area (TPSA) is 65.9 Å². The lowest BCUT2D eigenvalue weighted by molar-refractivity contribution is 0.109. The Labute approximate surface area is 112 Å². The molecule has 3 rings (SSSR count). The number of fused-ring (bicyclic) bond motifs is 1. The number of nitriles is 1. The first-order valence-electron chi connectivity index (χ1n) is 7.07. The molecule has 19 heavy (non-hydrogen) atoms. The van der Waals surface area contributed by atoms with Crippen molar-refractivity contribution in [3.63, 3.8) is 0 Å². The van der Waals surface area contributed by atoms with Gasteiger partial charge in [-0.15, -0.1) is 0 Å². The van der Waals surface area contributed by atoms with E-state index >= 15 is 0 Å². The zero-order valence-corrected chi connectivity index (χ0v) is 11.0. The van der Waals surface area contributed by atoms with Gasteiger partial charge in [-0.1, -0.05) is 19.3 Å². The molecule has 2 aliphatic rings. The number of ether oxygens (including phenoxy) is 1. The number of nitrogens with zero attached hydrogens (tertiary/aromatic N) is 1. The Balaban J connectivity index is 2.12. The summed E-state index contributed by atoms with van der Waals surface area (Å²) < 4.78 is 5.54. The number of nitrogens with one attached hydrogen (secondary N) is 1. The second kappa shape index (κ2) is 5.18. The number of aromatic amines is 1. The molecule has 1 aromatic heterocycles. The van der Waals surface area contributed by atoms with Gasteiger partial charge in [-0.25, -0.2) is 0 Å². The zero-order valence-electron chi connectivity index (χ0n) is 11.0. The quantitative estimate of drug-likeness (QED) is 0.841. The highest BCUT2D eigenvalue weighted by Gasteiger charge is 2.26. The number of aromatic nitrogens is 1. The third-order valence-electron chi connectivity index (χ3n) is 4.33. The molecule has 0 spiro atoms. The molecule has 1 aromatic rings. The van der Waals surface area contributed by atoms with Gasteiger partial charge in [0.1, 0.15) is 11.6 Å². The normalized spacial score (nSPS) is 19.7. The lowest BCUT2D eigenvalue weighted by atomic mass is 9.83. The van der Waals surface area contributed by atoms with Gasteiger partial charge in [0.05, 0.1) is 13.2 Å². The summed E-state index contributed by atoms with van der Waals surface area (Å²) in [6.07, 6.45) is 6.69. The third-order valence-corrected chi connectivity index (χ3v) is 4.33. The number of H-pyrrole nitrogens is 1. The van der Waals surface area contributed by atoms with Crippen molar-refractivity contribution < 1.29 is 4.74 Å². The SMILES string of the molecule is N#Cc1c2c(c(C3CCCCC3)[nH]c1=O)COCC2. The second-order valence-electron chi connectivity index (χ2n) is 5.45. The number of pyridine rings is 1. The van der Waals surface area contributed by atoms with Crippen molar-refractivity contribution in [3.05, 3.63) is 32.7 Å². The molecule has 1 fully saturated rings. The van der Waals surface area contributed by atoms with Crippen LogP contribution >= 0.6 is 0 Å². The Kier molecular flexibility index (Phi) is 3.39. The van der Waals surface area contributed by atoms with Crippen LogP contribution in [0.15, 0.2) is 4.79 Å². The Morgan fingerprint density at radius 1 is 1.21 bits per heavy atom. The molecule has 0 bridgehead atoms. The third kappa shape index (κ3) is 2.19. The van der Waals surface area contributed by atoms with E-state index in [4.69, 9.17) is 10.00 Å². The highest BCUT2D eigenvalue weighted by Crippen LogP contribution is 2.35. The van der Waals surface area contributed by atoms with Crippen LogP contribution in [0.1, 0.15) is 60.4 Å². The molecular formula is C15H18N2O2. The van der Waals surface area contributed by atoms with Crippen LogP contribution in [0.2, 0.25) is 0 Å². The van der Waals surface area contributed by atoms with Crippen molar-refractivity contribution in [1.82, 2.24) is 4.98 Å². The molecule has 1 N–H and O–H groups in total. The average molecular weight is 258 g/mol. The van der Waals surface area contributed by atoms with E-state index in [2.05, 4.69) is 11.1 Å². The minimum Gasteiger partial charge on any atom is -0.376 e. The van der Waals surface area contributed by atoms with Gasteiger partial charge in [-0.05, 0) is 30.7 Å². The van der Waals surface area contributed by atoms with Crippen LogP contribution in [-0.2, 0) is 17.8 Å². The van der Waals surface area contributed by atoms with E-state index in [0.29, 0.717) is 25.6 Å². The summed E-state index contributed by atoms with van der Waals surface area (Å²) in [6, 6.07) is 2.05. The molecule has 0 saturated heterocycles. The fraction of sp³-hybridized carbons (Fsp3) is 0.600. The molecule has 0 atom stereocenters. The summed E-state index contributed by atoms with van der Waals surface area (Å²) in [5.74, 6) is 0.435. The molecule has 0 amide bonds. The Morgan fingerprint density at radius 3 is 2.74 bits per heavy atom. The fourth-order valence-electron chi connectivity index (χ4n) is 3.36. The summed E-state index contributed by atoms with van der Waals surface area (Å²) in [7, 11) is 0. The van der Waals surface area contributed by atoms with Crippen LogP contribution in [0.3, 0.4) is 0 Å². The predicted molar refractivity (Wildman–Crippen MR) is 71.0 cm³/mol. The summed E-state index contributed by atoms with van der Waals surface area (Å²) in [5, 5.41) is 9.16. The number of hydrogen-bond donors (Lipinski definition) is 1. The maximum atomic E-state index is 12.1. The maximum Gasteiger partial charge on any atom is 0.266 e. The zero-order chi connectivity index (χ0) is 13.2. The molecule has 0 unspecified atom stereocenters. The maximum absolute atomic E-state index is 12.1. The highest BCUT2D eigenvalue weighted by atomic mass is 16.5. The molecule has 0 aromatic carbocycles. The molecule has 1 aliphatic heterocycles. The summed E-state index contributed by atoms with van der Waals surface area (Å²) in [5.41, 5.74) is 3.12. The first-order valence-corrected chi connectivity index (χ1v) is 7.07. The molecule has 4 nitrogen and oxygen atoms in total. The highest BCUT2D eigenvalue weighted by molar-refractivity contribution is 5.45. The van der Waals surface area contributed by atoms with Crippen molar-refractivity contribution in [2.45, 2.75) is 51.0 Å². The molecule has 1 aliphatic carbocycles. The van der Waals surface area contributed by atoms with E-state index in [-0.39, 0.29) is 11.1 Å². The Bertz CT molecular complexity index is 577. The first kappa shape index (κ1) is 12.4. The summed E-state index contributed by atoms with van der Waals surface area (Å²) >= 11 is 0. The molecular weight excluding hydrogens is 240 g/mol. The Morgan fingerprint density at radius 2 is 2.00 bits per heavy atom. The number of rotatable bonds is 1. The molecule has 100 valence electrons. The van der Waals surface area contributed by atoms with Crippen molar-refractivity contribution >= 4 is 0 Å². The number of hydrogen-bond acceptors (Lipinski definition) is 3. The average Bonchev–Trinajstić information content (AvgIpc) is 2.47. The standard InChI is InChI=1S/C15H18N2O2/c16-8-12-11-6-7-19-9-13(11)14(17-15(12)18)10-4-2-1-3-5-10/h10H,1-7,9H2,(H,17,18). The van der Waals surface area contributed by atoms with Crippen LogP contribution in [0.25, 0.3) is 0 Å². The van der Waals surface area contributed by atoms with Crippen LogP contribution in [0.5, 0.6) is 0 Å². The van der Waals surface area contributed by atoms with Crippen molar-refractivity contribution in [3.8, 4) is 6.07 Å². The lowest BCUT2D eigenvalue weighted by Crippen LogP contribution is -2.26. The Hall–Kier alpha value is -1.60. The smallest absolute Gasteiger partial charge is 0.266 e. The molecule has 1 saturated carbocycles. The minimum atomic E-state index is -0.219. The van der Waals surface area contributed by atoms with Crippen LogP contribution < -0.4 is 5.56 Å². The van der Waals surface area contributed by atoms with Crippen molar-refractivity contribution in [2.75, 3.05) is 6.61 Å². The first-order chi connectivity index (χ1) is 9.31. The molecule has 0 radical (unpaired) electrons.